The molecule has 0 aliphatic heterocycles. The van der Waals surface area contributed by atoms with Crippen molar-refractivity contribution in [3.05, 3.63) is 28.8 Å². The number of carbonyl (C=O) groups excluding carboxylic acids is 1. The van der Waals surface area contributed by atoms with Crippen molar-refractivity contribution in [2.45, 2.75) is 37.5 Å². The van der Waals surface area contributed by atoms with E-state index in [0.717, 1.165) is 31.0 Å². The Hall–Kier alpha value is -1.44. The maximum absolute atomic E-state index is 12.1. The van der Waals surface area contributed by atoms with Gasteiger partial charge in [0.15, 0.2) is 0 Å². The van der Waals surface area contributed by atoms with E-state index in [-0.39, 0.29) is 15.5 Å². The van der Waals surface area contributed by atoms with Crippen LogP contribution < -0.4 is 10.6 Å². The number of hydrogen-bond donors (Lipinski definition) is 2. The summed E-state index contributed by atoms with van der Waals surface area (Å²) in [5.41, 5.74) is 3.57. The molecule has 1 saturated carbocycles. The number of nitrogens with two attached hydrogens (primary N) is 1. The van der Waals surface area contributed by atoms with Crippen LogP contribution in [-0.4, -0.2) is 20.0 Å². The summed E-state index contributed by atoms with van der Waals surface area (Å²) in [6.45, 7) is 2.07. The molecule has 2 rings (SSSR count). The Kier molecular flexibility index (Phi) is 5.20. The lowest BCUT2D eigenvalue weighted by Crippen LogP contribution is -2.24. The molecule has 6 nitrogen and oxygen atoms in total. The fourth-order valence-electron chi connectivity index (χ4n) is 2.39. The molecule has 22 heavy (non-hydrogen) atoms. The minimum absolute atomic E-state index is 0.0220. The Balaban J connectivity index is 2.18. The number of carbonyl (C=O) groups is 1. The van der Waals surface area contributed by atoms with Crippen LogP contribution in [0.4, 0.5) is 0 Å². The van der Waals surface area contributed by atoms with E-state index in [4.69, 9.17) is 16.7 Å². The number of halogens is 1. The van der Waals surface area contributed by atoms with Gasteiger partial charge in [0.1, 0.15) is 4.90 Å². The maximum atomic E-state index is 12.1. The molecule has 0 heterocycles. The average molecular weight is 344 g/mol. The zero-order valence-corrected chi connectivity index (χ0v) is 13.7. The van der Waals surface area contributed by atoms with Crippen LogP contribution in [0.2, 0.25) is 5.02 Å². The lowest BCUT2D eigenvalue weighted by molar-refractivity contribution is 0.0954. The second kappa shape index (κ2) is 6.76. The monoisotopic (exact) mass is 343 g/mol. The Morgan fingerprint density at radius 3 is 2.77 bits per heavy atom. The van der Waals surface area contributed by atoms with Crippen LogP contribution in [0.15, 0.2) is 28.2 Å². The molecule has 0 saturated heterocycles. The predicted molar refractivity (Wildman–Crippen MR) is 85.4 cm³/mol. The summed E-state index contributed by atoms with van der Waals surface area (Å²) in [5.74, 6) is -0.147. The van der Waals surface area contributed by atoms with Gasteiger partial charge >= 0.3 is 0 Å². The Morgan fingerprint density at radius 2 is 2.14 bits per heavy atom. The van der Waals surface area contributed by atoms with Crippen molar-refractivity contribution in [2.75, 3.05) is 0 Å². The quantitative estimate of drug-likeness (QED) is 0.823. The first-order valence-electron chi connectivity index (χ1n) is 6.98. The maximum Gasteiger partial charge on any atom is 0.271 e. The van der Waals surface area contributed by atoms with Crippen LogP contribution in [0.3, 0.4) is 0 Å². The largest absolute Gasteiger partial charge is 0.271 e. The number of primary sulfonamides is 1. The highest BCUT2D eigenvalue weighted by molar-refractivity contribution is 7.89. The van der Waals surface area contributed by atoms with Crippen molar-refractivity contribution in [3.8, 4) is 0 Å². The van der Waals surface area contributed by atoms with Crippen LogP contribution in [-0.2, 0) is 10.0 Å². The van der Waals surface area contributed by atoms with Gasteiger partial charge in [-0.3, -0.25) is 4.79 Å². The molecule has 0 aromatic heterocycles. The summed E-state index contributed by atoms with van der Waals surface area (Å²) in [7, 11) is -3.98. The minimum Gasteiger partial charge on any atom is -0.267 e. The van der Waals surface area contributed by atoms with Crippen molar-refractivity contribution < 1.29 is 13.2 Å². The molecule has 1 aromatic rings. The number of benzene rings is 1. The van der Waals surface area contributed by atoms with Gasteiger partial charge < -0.3 is 0 Å². The van der Waals surface area contributed by atoms with E-state index in [9.17, 15) is 13.2 Å². The van der Waals surface area contributed by atoms with Crippen LogP contribution in [0.1, 0.15) is 43.0 Å². The number of nitrogens with zero attached hydrogens (tertiary/aromatic N) is 1. The topological polar surface area (TPSA) is 102 Å². The van der Waals surface area contributed by atoms with E-state index in [1.165, 1.54) is 18.6 Å². The van der Waals surface area contributed by atoms with E-state index >= 15 is 0 Å². The van der Waals surface area contributed by atoms with Crippen LogP contribution in [0.5, 0.6) is 0 Å². The molecule has 1 fully saturated rings. The zero-order valence-electron chi connectivity index (χ0n) is 12.2. The third-order valence-corrected chi connectivity index (χ3v) is 5.08. The van der Waals surface area contributed by atoms with Gasteiger partial charge in [-0.15, -0.1) is 0 Å². The molecule has 0 spiro atoms. The van der Waals surface area contributed by atoms with E-state index in [0.29, 0.717) is 5.92 Å². The van der Waals surface area contributed by atoms with Crippen LogP contribution in [0.25, 0.3) is 0 Å². The second-order valence-corrected chi connectivity index (χ2v) is 7.32. The van der Waals surface area contributed by atoms with E-state index in [2.05, 4.69) is 17.5 Å². The standard InChI is InChI=1S/C14H18ClN3O3S/c1-9-4-2-3-5-12(9)17-18-14(19)10-6-7-11(15)13(8-10)22(16,20)21/h6-9H,2-5H2,1H3,(H,18,19)(H2,16,20,21)/b17-12-/t9-/m0/s1. The molecule has 0 unspecified atom stereocenters. The minimum atomic E-state index is -3.98. The second-order valence-electron chi connectivity index (χ2n) is 5.38. The first-order valence-corrected chi connectivity index (χ1v) is 8.90. The van der Waals surface area contributed by atoms with Crippen LogP contribution >= 0.6 is 11.6 Å². The summed E-state index contributed by atoms with van der Waals surface area (Å²) >= 11 is 5.79. The molecule has 120 valence electrons. The zero-order chi connectivity index (χ0) is 16.3. The Labute approximate surface area is 134 Å². The normalized spacial score (nSPS) is 20.9. The first kappa shape index (κ1) is 16.9. The SMILES string of the molecule is C[C@H]1CCCC/C1=N/NC(=O)c1ccc(Cl)c(S(N)(=O)=O)c1. The number of rotatable bonds is 3. The van der Waals surface area contributed by atoms with Crippen molar-refractivity contribution in [2.24, 2.45) is 16.2 Å². The van der Waals surface area contributed by atoms with Gasteiger partial charge in [-0.25, -0.2) is 19.0 Å². The summed E-state index contributed by atoms with van der Waals surface area (Å²) in [6.07, 6.45) is 4.16. The predicted octanol–water partition coefficient (Wildman–Crippen LogP) is 2.28. The van der Waals surface area contributed by atoms with E-state index < -0.39 is 15.9 Å². The van der Waals surface area contributed by atoms with Gasteiger partial charge in [-0.2, -0.15) is 5.10 Å². The van der Waals surface area contributed by atoms with Gasteiger partial charge in [-0.05, 0) is 43.4 Å². The molecule has 1 aliphatic rings. The van der Waals surface area contributed by atoms with Crippen molar-refractivity contribution in [1.29, 1.82) is 0 Å². The van der Waals surface area contributed by atoms with E-state index in [1.807, 2.05) is 0 Å². The van der Waals surface area contributed by atoms with Crippen molar-refractivity contribution >= 4 is 33.2 Å². The molecular weight excluding hydrogens is 326 g/mol. The number of sulfonamides is 1. The average Bonchev–Trinajstić information content (AvgIpc) is 2.45. The summed E-state index contributed by atoms with van der Waals surface area (Å²) < 4.78 is 22.8. The van der Waals surface area contributed by atoms with Gasteiger partial charge in [0.25, 0.3) is 5.91 Å². The molecular formula is C14H18ClN3O3S. The van der Waals surface area contributed by atoms with Crippen molar-refractivity contribution in [3.63, 3.8) is 0 Å². The van der Waals surface area contributed by atoms with Crippen LogP contribution in [0, 0.1) is 5.92 Å². The molecule has 0 radical (unpaired) electrons. The van der Waals surface area contributed by atoms with Gasteiger partial charge in [0.2, 0.25) is 10.0 Å². The summed E-state index contributed by atoms with van der Waals surface area (Å²) in [5, 5.41) is 9.20. The Morgan fingerprint density at radius 1 is 1.41 bits per heavy atom. The lowest BCUT2D eigenvalue weighted by Gasteiger charge is -2.19. The molecule has 3 N–H and O–H groups in total. The highest BCUT2D eigenvalue weighted by atomic mass is 35.5. The van der Waals surface area contributed by atoms with Crippen molar-refractivity contribution in [1.82, 2.24) is 5.43 Å². The third kappa shape index (κ3) is 4.06. The molecule has 1 aliphatic carbocycles. The highest BCUT2D eigenvalue weighted by Crippen LogP contribution is 2.22. The lowest BCUT2D eigenvalue weighted by atomic mass is 9.89. The fraction of sp³-hybridized carbons (Fsp3) is 0.429. The number of amides is 1. The van der Waals surface area contributed by atoms with Gasteiger partial charge in [0.05, 0.1) is 5.02 Å². The number of hydrazone groups is 1. The number of hydrogen-bond acceptors (Lipinski definition) is 4. The molecule has 1 amide bonds. The van der Waals surface area contributed by atoms with Gasteiger partial charge in [-0.1, -0.05) is 24.9 Å². The van der Waals surface area contributed by atoms with E-state index in [1.54, 1.807) is 0 Å². The summed E-state index contributed by atoms with van der Waals surface area (Å²) in [4.78, 5) is 11.8. The summed E-state index contributed by atoms with van der Waals surface area (Å²) in [6, 6.07) is 3.90. The molecule has 0 bridgehead atoms. The molecule has 1 atom stereocenters. The highest BCUT2D eigenvalue weighted by Gasteiger charge is 2.18. The fourth-order valence-corrected chi connectivity index (χ4v) is 3.46. The smallest absolute Gasteiger partial charge is 0.267 e. The Bertz CT molecular complexity index is 716. The molecule has 8 heteroatoms. The van der Waals surface area contributed by atoms with Gasteiger partial charge in [0, 0.05) is 11.3 Å². The first-order chi connectivity index (χ1) is 10.3. The third-order valence-electron chi connectivity index (χ3n) is 3.69. The molecule has 1 aromatic carbocycles. The number of nitrogens with one attached hydrogen (secondary N) is 1.